The zero-order valence-corrected chi connectivity index (χ0v) is 21.0. The van der Waals surface area contributed by atoms with Crippen molar-refractivity contribution in [1.82, 2.24) is 15.2 Å². The average Bonchev–Trinajstić information content (AvgIpc) is 3.40. The van der Waals surface area contributed by atoms with Gasteiger partial charge in [0.25, 0.3) is 5.91 Å². The molecule has 0 unspecified atom stereocenters. The normalized spacial score (nSPS) is 13.7. The van der Waals surface area contributed by atoms with Crippen LogP contribution in [0.15, 0.2) is 47.8 Å². The molecule has 11 heteroatoms. The van der Waals surface area contributed by atoms with Crippen LogP contribution < -0.4 is 10.6 Å². The van der Waals surface area contributed by atoms with Gasteiger partial charge in [0.05, 0.1) is 11.6 Å². The minimum Gasteiger partial charge on any atom is -0.508 e. The molecule has 0 bridgehead atoms. The molecule has 0 saturated carbocycles. The third-order valence-electron chi connectivity index (χ3n) is 5.98. The van der Waals surface area contributed by atoms with Crippen LogP contribution in [0.4, 0.5) is 14.9 Å². The number of urea groups is 1. The molecule has 1 fully saturated rings. The van der Waals surface area contributed by atoms with Gasteiger partial charge in [-0.25, -0.2) is 14.2 Å². The van der Waals surface area contributed by atoms with E-state index in [4.69, 9.17) is 4.74 Å². The van der Waals surface area contributed by atoms with Crippen molar-refractivity contribution < 1.29 is 28.6 Å². The number of thiazole rings is 1. The highest BCUT2D eigenvalue weighted by Crippen LogP contribution is 2.32. The molecule has 2 aromatic carbocycles. The molecule has 0 aliphatic carbocycles. The molecule has 9 nitrogen and oxygen atoms in total. The van der Waals surface area contributed by atoms with Gasteiger partial charge in [0.2, 0.25) is 0 Å². The summed E-state index contributed by atoms with van der Waals surface area (Å²) in [5.41, 5.74) is 1.81. The van der Waals surface area contributed by atoms with Crippen molar-refractivity contribution in [3.8, 4) is 16.9 Å². The Hall–Kier alpha value is -3.99. The SMILES string of the molecule is CCOC(=O)CNC(=O)N1CCC(c2nc(C(=O)Nc3ccc(F)cc3-c3ccc(O)cc3)cs2)CC1. The van der Waals surface area contributed by atoms with Crippen LogP contribution in [0.1, 0.15) is 41.2 Å². The number of carbonyl (C=O) groups is 3. The van der Waals surface area contributed by atoms with Crippen molar-refractivity contribution in [1.29, 1.82) is 0 Å². The molecule has 1 saturated heterocycles. The van der Waals surface area contributed by atoms with Gasteiger partial charge in [-0.05, 0) is 55.7 Å². The monoisotopic (exact) mass is 526 g/mol. The molecular weight excluding hydrogens is 499 g/mol. The molecule has 1 aliphatic heterocycles. The topological polar surface area (TPSA) is 121 Å². The van der Waals surface area contributed by atoms with Crippen LogP contribution in [-0.4, -0.2) is 59.1 Å². The summed E-state index contributed by atoms with van der Waals surface area (Å²) in [6.07, 6.45) is 1.37. The van der Waals surface area contributed by atoms with E-state index in [1.54, 1.807) is 29.3 Å². The van der Waals surface area contributed by atoms with Crippen molar-refractivity contribution in [2.24, 2.45) is 0 Å². The number of esters is 1. The number of nitrogens with zero attached hydrogens (tertiary/aromatic N) is 2. The van der Waals surface area contributed by atoms with Crippen LogP contribution in [0.3, 0.4) is 0 Å². The van der Waals surface area contributed by atoms with Gasteiger partial charge in [-0.15, -0.1) is 11.3 Å². The zero-order valence-electron chi connectivity index (χ0n) is 20.2. The second-order valence-corrected chi connectivity index (χ2v) is 9.38. The van der Waals surface area contributed by atoms with E-state index in [1.807, 2.05) is 0 Å². The predicted octanol–water partition coefficient (Wildman–Crippen LogP) is 4.36. The summed E-state index contributed by atoms with van der Waals surface area (Å²) in [5.74, 6) is -1.14. The van der Waals surface area contributed by atoms with E-state index >= 15 is 0 Å². The molecule has 1 aliphatic rings. The Morgan fingerprint density at radius 1 is 1.16 bits per heavy atom. The standard InChI is InChI=1S/C26H27FN4O5S/c1-2-36-23(33)14-28-26(35)31-11-9-17(10-12-31)25-30-22(15-37-25)24(34)29-21-8-5-18(27)13-20(21)16-3-6-19(32)7-4-16/h3-8,13,15,17,32H,2,9-12,14H2,1H3,(H,28,35)(H,29,34). The summed E-state index contributed by atoms with van der Waals surface area (Å²) in [6, 6.07) is 10.0. The molecule has 3 aromatic rings. The highest BCUT2D eigenvalue weighted by atomic mass is 32.1. The molecule has 3 N–H and O–H groups in total. The number of piperidine rings is 1. The van der Waals surface area contributed by atoms with Crippen LogP contribution in [0, 0.1) is 5.82 Å². The molecule has 0 atom stereocenters. The summed E-state index contributed by atoms with van der Waals surface area (Å²) in [5, 5.41) is 17.4. The van der Waals surface area contributed by atoms with Gasteiger partial charge in [-0.3, -0.25) is 9.59 Å². The van der Waals surface area contributed by atoms with E-state index < -0.39 is 17.7 Å². The zero-order chi connectivity index (χ0) is 26.4. The highest BCUT2D eigenvalue weighted by Gasteiger charge is 2.27. The summed E-state index contributed by atoms with van der Waals surface area (Å²) in [6.45, 7) is 2.81. The van der Waals surface area contributed by atoms with Crippen molar-refractivity contribution in [3.05, 3.63) is 64.4 Å². The molecule has 194 valence electrons. The Kier molecular flexibility index (Phi) is 8.34. The maximum absolute atomic E-state index is 13.9. The number of aromatic hydroxyl groups is 1. The minimum absolute atomic E-state index is 0.0869. The van der Waals surface area contributed by atoms with Crippen molar-refractivity contribution in [3.63, 3.8) is 0 Å². The lowest BCUT2D eigenvalue weighted by Gasteiger charge is -2.31. The first kappa shape index (κ1) is 26.1. The number of benzene rings is 2. The minimum atomic E-state index is -0.477. The summed E-state index contributed by atoms with van der Waals surface area (Å²) in [7, 11) is 0. The van der Waals surface area contributed by atoms with E-state index in [0.717, 1.165) is 5.01 Å². The van der Waals surface area contributed by atoms with E-state index in [1.165, 1.54) is 41.7 Å². The number of aromatic nitrogens is 1. The number of hydrogen-bond acceptors (Lipinski definition) is 7. The van der Waals surface area contributed by atoms with Crippen LogP contribution in [0.25, 0.3) is 11.1 Å². The van der Waals surface area contributed by atoms with Gasteiger partial charge in [-0.2, -0.15) is 0 Å². The van der Waals surface area contributed by atoms with Crippen LogP contribution in [0.2, 0.25) is 0 Å². The third kappa shape index (κ3) is 6.62. The molecule has 2 heterocycles. The second-order valence-electron chi connectivity index (χ2n) is 8.49. The van der Waals surface area contributed by atoms with Crippen LogP contribution in [0.5, 0.6) is 5.75 Å². The lowest BCUT2D eigenvalue weighted by molar-refractivity contribution is -0.141. The number of hydrogen-bond donors (Lipinski definition) is 3. The number of phenolic OH excluding ortho intramolecular Hbond substituents is 1. The summed E-state index contributed by atoms with van der Waals surface area (Å²) < 4.78 is 18.8. The quantitative estimate of drug-likeness (QED) is 0.394. The highest BCUT2D eigenvalue weighted by molar-refractivity contribution is 7.10. The van der Waals surface area contributed by atoms with Gasteiger partial charge in [0, 0.05) is 35.6 Å². The van der Waals surface area contributed by atoms with Crippen LogP contribution >= 0.6 is 11.3 Å². The fourth-order valence-corrected chi connectivity index (χ4v) is 5.04. The van der Waals surface area contributed by atoms with Gasteiger partial charge < -0.3 is 25.4 Å². The summed E-state index contributed by atoms with van der Waals surface area (Å²) in [4.78, 5) is 42.9. The Labute approximate surface area is 217 Å². The molecule has 1 aromatic heterocycles. The molecular formula is C26H27FN4O5S. The Balaban J connectivity index is 1.36. The maximum Gasteiger partial charge on any atom is 0.325 e. The first-order valence-corrected chi connectivity index (χ1v) is 12.8. The summed E-state index contributed by atoms with van der Waals surface area (Å²) >= 11 is 1.39. The fourth-order valence-electron chi connectivity index (χ4n) is 4.07. The Morgan fingerprint density at radius 2 is 1.89 bits per heavy atom. The maximum atomic E-state index is 13.9. The number of amides is 3. The number of anilines is 1. The number of ether oxygens (including phenoxy) is 1. The molecule has 4 rings (SSSR count). The number of rotatable bonds is 7. The van der Waals surface area contributed by atoms with E-state index in [2.05, 4.69) is 15.6 Å². The molecule has 0 spiro atoms. The lowest BCUT2D eigenvalue weighted by atomic mass is 9.98. The number of nitrogens with one attached hydrogen (secondary N) is 2. The second kappa shape index (κ2) is 11.8. The number of carbonyl (C=O) groups excluding carboxylic acids is 3. The smallest absolute Gasteiger partial charge is 0.325 e. The van der Waals surface area contributed by atoms with Crippen molar-refractivity contribution in [2.45, 2.75) is 25.7 Å². The Bertz CT molecular complexity index is 1270. The molecule has 37 heavy (non-hydrogen) atoms. The lowest BCUT2D eigenvalue weighted by Crippen LogP contribution is -2.45. The first-order chi connectivity index (χ1) is 17.8. The molecule has 0 radical (unpaired) electrons. The van der Waals surface area contributed by atoms with Crippen molar-refractivity contribution >= 4 is 34.9 Å². The van der Waals surface area contributed by atoms with Crippen LogP contribution in [-0.2, 0) is 9.53 Å². The molecule has 3 amide bonds. The number of likely N-dealkylation sites (tertiary alicyclic amines) is 1. The third-order valence-corrected chi connectivity index (χ3v) is 6.99. The fraction of sp³-hybridized carbons (Fsp3) is 0.308. The van der Waals surface area contributed by atoms with Gasteiger partial charge >= 0.3 is 12.0 Å². The van der Waals surface area contributed by atoms with E-state index in [0.29, 0.717) is 42.7 Å². The number of halogens is 1. The van der Waals surface area contributed by atoms with E-state index in [-0.39, 0.29) is 36.5 Å². The number of phenols is 1. The van der Waals surface area contributed by atoms with Crippen molar-refractivity contribution in [2.75, 3.05) is 31.6 Å². The van der Waals surface area contributed by atoms with Gasteiger partial charge in [-0.1, -0.05) is 12.1 Å². The average molecular weight is 527 g/mol. The van der Waals surface area contributed by atoms with E-state index in [9.17, 15) is 23.9 Å². The van der Waals surface area contributed by atoms with Gasteiger partial charge in [0.1, 0.15) is 23.8 Å². The Morgan fingerprint density at radius 3 is 2.59 bits per heavy atom. The first-order valence-electron chi connectivity index (χ1n) is 11.9. The largest absolute Gasteiger partial charge is 0.508 e. The van der Waals surface area contributed by atoms with Gasteiger partial charge in [0.15, 0.2) is 0 Å². The predicted molar refractivity (Wildman–Crippen MR) is 137 cm³/mol.